The number of hydrogen-bond acceptors (Lipinski definition) is 4. The molecule has 0 radical (unpaired) electrons. The number of halogens is 1. The molecule has 0 aromatic heterocycles. The van der Waals surface area contributed by atoms with Crippen molar-refractivity contribution in [1.82, 2.24) is 5.32 Å². The van der Waals surface area contributed by atoms with Crippen LogP contribution in [0.5, 0.6) is 17.2 Å². The second kappa shape index (κ2) is 8.76. The second-order valence-electron chi connectivity index (χ2n) is 5.06. The number of carbonyl (C=O) groups excluding carboxylic acids is 1. The first kappa shape index (κ1) is 17.6. The molecule has 1 unspecified atom stereocenters. The highest BCUT2D eigenvalue weighted by Gasteiger charge is 2.07. The summed E-state index contributed by atoms with van der Waals surface area (Å²) >= 11 is 0. The molecule has 2 aromatic rings. The minimum atomic E-state index is -0.466. The number of benzene rings is 2. The van der Waals surface area contributed by atoms with Crippen LogP contribution in [-0.2, 0) is 4.74 Å². The molecule has 0 aliphatic rings. The van der Waals surface area contributed by atoms with Crippen LogP contribution in [0.15, 0.2) is 48.5 Å². The van der Waals surface area contributed by atoms with Crippen LogP contribution < -0.4 is 14.8 Å². The Morgan fingerprint density at radius 2 is 1.83 bits per heavy atom. The van der Waals surface area contributed by atoms with Crippen LogP contribution in [0.2, 0.25) is 0 Å². The van der Waals surface area contributed by atoms with E-state index in [9.17, 15) is 9.18 Å². The van der Waals surface area contributed by atoms with Crippen LogP contribution in [0.3, 0.4) is 0 Å². The molecule has 0 heterocycles. The van der Waals surface area contributed by atoms with Crippen LogP contribution in [0, 0.1) is 5.82 Å². The maximum atomic E-state index is 13.1. The van der Waals surface area contributed by atoms with Gasteiger partial charge in [0, 0.05) is 6.07 Å². The molecule has 1 N–H and O–H groups in total. The van der Waals surface area contributed by atoms with Gasteiger partial charge in [-0.3, -0.25) is 0 Å². The van der Waals surface area contributed by atoms with E-state index >= 15 is 0 Å². The Bertz CT molecular complexity index is 660. The van der Waals surface area contributed by atoms with Crippen LogP contribution in [-0.4, -0.2) is 25.3 Å². The molecule has 2 rings (SSSR count). The fourth-order valence-electron chi connectivity index (χ4n) is 1.94. The first-order valence-electron chi connectivity index (χ1n) is 7.67. The number of nitrogens with one attached hydrogen (secondary N) is 1. The van der Waals surface area contributed by atoms with Gasteiger partial charge in [0.05, 0.1) is 13.2 Å². The van der Waals surface area contributed by atoms with Crippen molar-refractivity contribution >= 4 is 6.09 Å². The summed E-state index contributed by atoms with van der Waals surface area (Å²) in [5, 5.41) is 2.61. The minimum absolute atomic E-state index is 0.218. The summed E-state index contributed by atoms with van der Waals surface area (Å²) in [6.45, 7) is 4.24. The Balaban J connectivity index is 1.84. The van der Waals surface area contributed by atoms with E-state index in [-0.39, 0.29) is 11.9 Å². The number of alkyl carbamates (subject to hydrolysis) is 1. The third-order valence-corrected chi connectivity index (χ3v) is 3.00. The number of amides is 1. The Kier molecular flexibility index (Phi) is 6.42. The molecular weight excluding hydrogens is 313 g/mol. The van der Waals surface area contributed by atoms with Crippen LogP contribution >= 0.6 is 0 Å². The summed E-state index contributed by atoms with van der Waals surface area (Å²) < 4.78 is 29.1. The zero-order chi connectivity index (χ0) is 17.4. The van der Waals surface area contributed by atoms with Gasteiger partial charge in [0.25, 0.3) is 0 Å². The van der Waals surface area contributed by atoms with Crippen molar-refractivity contribution in [3.63, 3.8) is 0 Å². The van der Waals surface area contributed by atoms with Crippen molar-refractivity contribution in [2.24, 2.45) is 0 Å². The summed E-state index contributed by atoms with van der Waals surface area (Å²) in [5.41, 5.74) is 0. The first-order valence-corrected chi connectivity index (χ1v) is 7.67. The number of ether oxygens (including phenoxy) is 3. The summed E-state index contributed by atoms with van der Waals surface area (Å²) in [4.78, 5) is 11.2. The molecule has 0 aliphatic heterocycles. The van der Waals surface area contributed by atoms with E-state index in [1.807, 2.05) is 6.92 Å². The summed E-state index contributed by atoms with van der Waals surface area (Å²) in [7, 11) is 0. The van der Waals surface area contributed by atoms with E-state index in [1.54, 1.807) is 43.3 Å². The molecule has 0 spiro atoms. The van der Waals surface area contributed by atoms with Gasteiger partial charge >= 0.3 is 6.09 Å². The second-order valence-corrected chi connectivity index (χ2v) is 5.06. The van der Waals surface area contributed by atoms with Crippen molar-refractivity contribution in [2.75, 3.05) is 13.2 Å². The zero-order valence-corrected chi connectivity index (χ0v) is 13.6. The van der Waals surface area contributed by atoms with E-state index in [1.165, 1.54) is 12.1 Å². The van der Waals surface area contributed by atoms with Gasteiger partial charge in [-0.25, -0.2) is 9.18 Å². The molecule has 24 heavy (non-hydrogen) atoms. The fourth-order valence-corrected chi connectivity index (χ4v) is 1.94. The summed E-state index contributed by atoms with van der Waals surface area (Å²) in [5.74, 6) is 1.29. The van der Waals surface area contributed by atoms with Crippen LogP contribution in [0.1, 0.15) is 13.8 Å². The van der Waals surface area contributed by atoms with Crippen molar-refractivity contribution in [3.8, 4) is 17.2 Å². The number of carbonyl (C=O) groups is 1. The number of hydrogen-bond donors (Lipinski definition) is 1. The first-order chi connectivity index (χ1) is 11.6. The molecule has 0 saturated carbocycles. The SMILES string of the molecule is CCOC(=O)NCC(C)Oc1ccc(Oc2cccc(F)c2)cc1. The van der Waals surface area contributed by atoms with E-state index < -0.39 is 6.09 Å². The molecule has 0 bridgehead atoms. The van der Waals surface area contributed by atoms with E-state index in [4.69, 9.17) is 14.2 Å². The summed E-state index contributed by atoms with van der Waals surface area (Å²) in [6, 6.07) is 12.9. The lowest BCUT2D eigenvalue weighted by molar-refractivity contribution is 0.143. The largest absolute Gasteiger partial charge is 0.489 e. The fraction of sp³-hybridized carbons (Fsp3) is 0.278. The molecule has 6 heteroatoms. The van der Waals surface area contributed by atoms with Crippen molar-refractivity contribution in [1.29, 1.82) is 0 Å². The van der Waals surface area contributed by atoms with Gasteiger partial charge in [-0.05, 0) is 50.2 Å². The van der Waals surface area contributed by atoms with Gasteiger partial charge in [0.2, 0.25) is 0 Å². The quantitative estimate of drug-likeness (QED) is 0.828. The lowest BCUT2D eigenvalue weighted by Crippen LogP contribution is -2.33. The minimum Gasteiger partial charge on any atom is -0.489 e. The zero-order valence-electron chi connectivity index (χ0n) is 13.6. The van der Waals surface area contributed by atoms with Gasteiger partial charge in [-0.15, -0.1) is 0 Å². The van der Waals surface area contributed by atoms with Gasteiger partial charge in [0.15, 0.2) is 0 Å². The Labute approximate surface area is 140 Å². The third-order valence-electron chi connectivity index (χ3n) is 3.00. The molecule has 0 fully saturated rings. The van der Waals surface area contributed by atoms with Crippen molar-refractivity contribution in [3.05, 3.63) is 54.3 Å². The average molecular weight is 333 g/mol. The van der Waals surface area contributed by atoms with Gasteiger partial charge in [-0.1, -0.05) is 6.07 Å². The van der Waals surface area contributed by atoms with Gasteiger partial charge in [0.1, 0.15) is 29.2 Å². The van der Waals surface area contributed by atoms with E-state index in [0.29, 0.717) is 30.4 Å². The highest BCUT2D eigenvalue weighted by atomic mass is 19.1. The lowest BCUT2D eigenvalue weighted by Gasteiger charge is -2.15. The van der Waals surface area contributed by atoms with E-state index in [2.05, 4.69) is 5.32 Å². The maximum absolute atomic E-state index is 13.1. The molecule has 5 nitrogen and oxygen atoms in total. The lowest BCUT2D eigenvalue weighted by atomic mass is 10.3. The molecule has 2 aromatic carbocycles. The normalized spacial score (nSPS) is 11.5. The smallest absolute Gasteiger partial charge is 0.407 e. The third kappa shape index (κ3) is 5.79. The molecule has 0 saturated heterocycles. The van der Waals surface area contributed by atoms with Gasteiger partial charge < -0.3 is 19.5 Å². The van der Waals surface area contributed by atoms with Crippen molar-refractivity contribution in [2.45, 2.75) is 20.0 Å². The van der Waals surface area contributed by atoms with Crippen LogP contribution in [0.4, 0.5) is 9.18 Å². The molecular formula is C18H20FNO4. The predicted octanol–water partition coefficient (Wildman–Crippen LogP) is 4.13. The number of rotatable bonds is 7. The highest BCUT2D eigenvalue weighted by molar-refractivity contribution is 5.67. The standard InChI is InChI=1S/C18H20FNO4/c1-3-22-18(21)20-12-13(2)23-15-7-9-16(10-8-15)24-17-6-4-5-14(19)11-17/h4-11,13H,3,12H2,1-2H3,(H,20,21). The maximum Gasteiger partial charge on any atom is 0.407 e. The molecule has 1 atom stereocenters. The van der Waals surface area contributed by atoms with Crippen LogP contribution in [0.25, 0.3) is 0 Å². The van der Waals surface area contributed by atoms with Gasteiger partial charge in [-0.2, -0.15) is 0 Å². The Morgan fingerprint density at radius 3 is 2.50 bits per heavy atom. The molecule has 128 valence electrons. The molecule has 0 aliphatic carbocycles. The highest BCUT2D eigenvalue weighted by Crippen LogP contribution is 2.24. The topological polar surface area (TPSA) is 56.8 Å². The monoisotopic (exact) mass is 333 g/mol. The van der Waals surface area contributed by atoms with E-state index in [0.717, 1.165) is 0 Å². The predicted molar refractivity (Wildman–Crippen MR) is 88.0 cm³/mol. The Morgan fingerprint density at radius 1 is 1.12 bits per heavy atom. The average Bonchev–Trinajstić information content (AvgIpc) is 2.55. The summed E-state index contributed by atoms with van der Waals surface area (Å²) in [6.07, 6.45) is -0.684. The molecule has 1 amide bonds. The Hall–Kier alpha value is -2.76. The van der Waals surface area contributed by atoms with Crippen molar-refractivity contribution < 1.29 is 23.4 Å².